The molecule has 4 nitrogen and oxygen atoms in total. The number of aromatic amines is 1. The van der Waals surface area contributed by atoms with Crippen molar-refractivity contribution in [2.24, 2.45) is 0 Å². The number of amides is 1. The number of aromatic nitrogens is 2. The van der Waals surface area contributed by atoms with Crippen LogP contribution in [0.3, 0.4) is 0 Å². The van der Waals surface area contributed by atoms with Gasteiger partial charge in [0, 0.05) is 17.1 Å². The van der Waals surface area contributed by atoms with Crippen molar-refractivity contribution >= 4 is 34.0 Å². The van der Waals surface area contributed by atoms with Gasteiger partial charge in [-0.25, -0.2) is 9.37 Å². The summed E-state index contributed by atoms with van der Waals surface area (Å²) in [4.78, 5) is 19.0. The number of nitrogens with one attached hydrogen (secondary N) is 2. The Hall–Kier alpha value is -2.18. The fourth-order valence-corrected chi connectivity index (χ4v) is 2.63. The van der Waals surface area contributed by atoms with E-state index < -0.39 is 0 Å². The molecule has 0 saturated heterocycles. The molecule has 3 aromatic rings. The molecule has 0 unspecified atom stereocenters. The molecule has 0 aliphatic rings. The van der Waals surface area contributed by atoms with Gasteiger partial charge in [-0.2, -0.15) is 0 Å². The van der Waals surface area contributed by atoms with E-state index in [0.717, 1.165) is 5.56 Å². The average molecular weight is 322 g/mol. The van der Waals surface area contributed by atoms with E-state index in [4.69, 9.17) is 11.6 Å². The largest absolute Gasteiger partial charge is 0.356 e. The lowest BCUT2D eigenvalue weighted by atomic mass is 10.2. The first-order valence-electron chi connectivity index (χ1n) is 5.98. The van der Waals surface area contributed by atoms with Crippen molar-refractivity contribution in [3.05, 3.63) is 58.4 Å². The molecule has 2 aromatic heterocycles. The molecule has 106 valence electrons. The van der Waals surface area contributed by atoms with Gasteiger partial charge in [-0.3, -0.25) is 10.1 Å². The molecule has 3 rings (SSSR count). The number of benzene rings is 1. The van der Waals surface area contributed by atoms with Crippen LogP contribution >= 0.6 is 22.9 Å². The Morgan fingerprint density at radius 1 is 1.33 bits per heavy atom. The number of nitrogens with zero attached hydrogens (tertiary/aromatic N) is 1. The highest BCUT2D eigenvalue weighted by Crippen LogP contribution is 2.25. The highest BCUT2D eigenvalue weighted by Gasteiger charge is 2.11. The number of H-pyrrole nitrogens is 1. The number of rotatable bonds is 3. The predicted octanol–water partition coefficient (Wildman–Crippen LogP) is 4.18. The van der Waals surface area contributed by atoms with Crippen molar-refractivity contribution in [2.45, 2.75) is 0 Å². The summed E-state index contributed by atoms with van der Waals surface area (Å²) in [5.74, 6) is -0.618. The number of halogens is 2. The molecule has 7 heteroatoms. The second-order valence-electron chi connectivity index (χ2n) is 4.23. The molecule has 0 atom stereocenters. The van der Waals surface area contributed by atoms with Gasteiger partial charge in [0.05, 0.1) is 10.7 Å². The van der Waals surface area contributed by atoms with E-state index in [1.165, 1.54) is 35.7 Å². The van der Waals surface area contributed by atoms with Crippen LogP contribution in [0.1, 0.15) is 10.5 Å². The molecule has 0 radical (unpaired) electrons. The minimum atomic E-state index is -0.318. The van der Waals surface area contributed by atoms with Gasteiger partial charge in [0.25, 0.3) is 5.91 Å². The predicted molar refractivity (Wildman–Crippen MR) is 81.3 cm³/mol. The fourth-order valence-electron chi connectivity index (χ4n) is 1.75. The molecule has 0 spiro atoms. The fraction of sp³-hybridized carbons (Fsp3) is 0. The highest BCUT2D eigenvalue weighted by atomic mass is 35.5. The van der Waals surface area contributed by atoms with E-state index in [1.54, 1.807) is 17.5 Å². The third kappa shape index (κ3) is 3.12. The van der Waals surface area contributed by atoms with Crippen molar-refractivity contribution in [3.63, 3.8) is 0 Å². The second kappa shape index (κ2) is 5.67. The number of hydrogen-bond donors (Lipinski definition) is 2. The Morgan fingerprint density at radius 2 is 2.10 bits per heavy atom. The third-order valence-electron chi connectivity index (χ3n) is 2.76. The molecular weight excluding hydrogens is 313 g/mol. The Kier molecular flexibility index (Phi) is 3.72. The lowest BCUT2D eigenvalue weighted by molar-refractivity contribution is 0.102. The summed E-state index contributed by atoms with van der Waals surface area (Å²) in [7, 11) is 0. The summed E-state index contributed by atoms with van der Waals surface area (Å²) < 4.78 is 12.9. The lowest BCUT2D eigenvalue weighted by Gasteiger charge is -1.99. The maximum atomic E-state index is 12.9. The first kappa shape index (κ1) is 13.8. The maximum absolute atomic E-state index is 12.9. The van der Waals surface area contributed by atoms with E-state index >= 15 is 0 Å². The lowest BCUT2D eigenvalue weighted by Crippen LogP contribution is -2.11. The first-order chi connectivity index (χ1) is 10.1. The second-order valence-corrected chi connectivity index (χ2v) is 5.53. The Balaban J connectivity index is 1.76. The van der Waals surface area contributed by atoms with Crippen molar-refractivity contribution in [3.8, 4) is 11.3 Å². The normalized spacial score (nSPS) is 10.6. The summed E-state index contributed by atoms with van der Waals surface area (Å²) in [6.07, 6.45) is 1.53. The standard InChI is InChI=1S/C14H9ClFN3OS/c15-9-5-11(17-6-9)13(20)19-14-18-12(7-21-14)8-1-3-10(16)4-2-8/h1-7,17H,(H,18,19,20). The topological polar surface area (TPSA) is 57.8 Å². The maximum Gasteiger partial charge on any atom is 0.273 e. The van der Waals surface area contributed by atoms with Crippen molar-refractivity contribution in [1.82, 2.24) is 9.97 Å². The van der Waals surface area contributed by atoms with E-state index in [9.17, 15) is 9.18 Å². The van der Waals surface area contributed by atoms with E-state index in [2.05, 4.69) is 15.3 Å². The number of thiazole rings is 1. The van der Waals surface area contributed by atoms with Gasteiger partial charge in [-0.1, -0.05) is 11.6 Å². The molecule has 0 fully saturated rings. The van der Waals surface area contributed by atoms with Gasteiger partial charge >= 0.3 is 0 Å². The zero-order chi connectivity index (χ0) is 14.8. The minimum Gasteiger partial charge on any atom is -0.356 e. The summed E-state index contributed by atoms with van der Waals surface area (Å²) >= 11 is 7.04. The SMILES string of the molecule is O=C(Nc1nc(-c2ccc(F)cc2)cs1)c1cc(Cl)c[nH]1. The van der Waals surface area contributed by atoms with E-state index in [0.29, 0.717) is 21.5 Å². The van der Waals surface area contributed by atoms with Gasteiger partial charge in [-0.15, -0.1) is 11.3 Å². The van der Waals surface area contributed by atoms with Crippen LogP contribution < -0.4 is 5.32 Å². The molecule has 0 aliphatic heterocycles. The van der Waals surface area contributed by atoms with Gasteiger partial charge in [0.15, 0.2) is 5.13 Å². The number of hydrogen-bond acceptors (Lipinski definition) is 3. The van der Waals surface area contributed by atoms with Crippen molar-refractivity contribution < 1.29 is 9.18 Å². The third-order valence-corrected chi connectivity index (χ3v) is 3.73. The summed E-state index contributed by atoms with van der Waals surface area (Å²) in [5, 5.41) is 5.40. The van der Waals surface area contributed by atoms with Crippen LogP contribution in [0.15, 0.2) is 41.9 Å². The molecular formula is C14H9ClFN3OS. The smallest absolute Gasteiger partial charge is 0.273 e. The van der Waals surface area contributed by atoms with Crippen LogP contribution in [0, 0.1) is 5.82 Å². The van der Waals surface area contributed by atoms with Gasteiger partial charge < -0.3 is 4.98 Å². The molecule has 1 aromatic carbocycles. The minimum absolute atomic E-state index is 0.300. The molecule has 0 saturated carbocycles. The summed E-state index contributed by atoms with van der Waals surface area (Å²) in [6.45, 7) is 0. The molecule has 2 N–H and O–H groups in total. The number of carbonyl (C=O) groups is 1. The van der Waals surface area contributed by atoms with Crippen molar-refractivity contribution in [2.75, 3.05) is 5.32 Å². The molecule has 0 bridgehead atoms. The molecule has 21 heavy (non-hydrogen) atoms. The zero-order valence-corrected chi connectivity index (χ0v) is 12.1. The van der Waals surface area contributed by atoms with E-state index in [1.807, 2.05) is 0 Å². The Bertz CT molecular complexity index is 782. The van der Waals surface area contributed by atoms with Crippen LogP contribution in [-0.2, 0) is 0 Å². The molecule has 0 aliphatic carbocycles. The van der Waals surface area contributed by atoms with Crippen molar-refractivity contribution in [1.29, 1.82) is 0 Å². The summed E-state index contributed by atoms with van der Waals surface area (Å²) in [6, 6.07) is 7.55. The number of carbonyl (C=O) groups excluding carboxylic acids is 1. The van der Waals surface area contributed by atoms with Crippen LogP contribution in [-0.4, -0.2) is 15.9 Å². The average Bonchev–Trinajstić information content (AvgIpc) is 3.09. The van der Waals surface area contributed by atoms with Gasteiger partial charge in [0.2, 0.25) is 0 Å². The van der Waals surface area contributed by atoms with Crippen LogP contribution in [0.2, 0.25) is 5.02 Å². The van der Waals surface area contributed by atoms with Crippen LogP contribution in [0.25, 0.3) is 11.3 Å². The first-order valence-corrected chi connectivity index (χ1v) is 7.24. The quantitative estimate of drug-likeness (QED) is 0.760. The van der Waals surface area contributed by atoms with Gasteiger partial charge in [-0.05, 0) is 30.3 Å². The van der Waals surface area contributed by atoms with E-state index in [-0.39, 0.29) is 11.7 Å². The Morgan fingerprint density at radius 3 is 2.76 bits per heavy atom. The zero-order valence-electron chi connectivity index (χ0n) is 10.6. The Labute approximate surface area is 128 Å². The highest BCUT2D eigenvalue weighted by molar-refractivity contribution is 7.14. The number of anilines is 1. The van der Waals surface area contributed by atoms with Gasteiger partial charge in [0.1, 0.15) is 11.5 Å². The van der Waals surface area contributed by atoms with Crippen LogP contribution in [0.4, 0.5) is 9.52 Å². The monoisotopic (exact) mass is 321 g/mol. The van der Waals surface area contributed by atoms with Crippen LogP contribution in [0.5, 0.6) is 0 Å². The molecule has 2 heterocycles. The summed E-state index contributed by atoms with van der Waals surface area (Å²) in [5.41, 5.74) is 1.83. The molecule has 1 amide bonds.